The third-order valence-electron chi connectivity index (χ3n) is 2.53. The predicted molar refractivity (Wildman–Crippen MR) is 58.3 cm³/mol. The summed E-state index contributed by atoms with van der Waals surface area (Å²) in [7, 11) is 1.37. The Morgan fingerprint density at radius 2 is 2.12 bits per heavy atom. The minimum Gasteiger partial charge on any atom is -0.490 e. The molecule has 1 amide bonds. The Hall–Kier alpha value is -1.82. The first-order chi connectivity index (χ1) is 8.22. The summed E-state index contributed by atoms with van der Waals surface area (Å²) in [5.74, 6) is -0.186. The van der Waals surface area contributed by atoms with Crippen LogP contribution >= 0.6 is 0 Å². The smallest absolute Gasteiger partial charge is 0.289 e. The number of morpholine rings is 1. The summed E-state index contributed by atoms with van der Waals surface area (Å²) in [6.45, 7) is 2.03. The molecule has 1 fully saturated rings. The first kappa shape index (κ1) is 11.7. The van der Waals surface area contributed by atoms with Crippen molar-refractivity contribution in [1.82, 2.24) is 4.90 Å². The summed E-state index contributed by atoms with van der Waals surface area (Å²) < 4.78 is 15.0. The molecule has 1 aromatic heterocycles. The molecule has 1 saturated heterocycles. The molecule has 17 heavy (non-hydrogen) atoms. The first-order valence-electron chi connectivity index (χ1n) is 5.26. The van der Waals surface area contributed by atoms with Crippen LogP contribution in [0.15, 0.2) is 21.5 Å². The molecule has 1 aliphatic heterocycles. The van der Waals surface area contributed by atoms with Crippen molar-refractivity contribution in [2.24, 2.45) is 0 Å². The van der Waals surface area contributed by atoms with Crippen molar-refractivity contribution in [3.63, 3.8) is 0 Å². The second kappa shape index (κ2) is 5.01. The molecule has 0 bridgehead atoms. The maximum absolute atomic E-state index is 11.9. The van der Waals surface area contributed by atoms with Crippen LogP contribution in [0, 0.1) is 0 Å². The molecule has 0 unspecified atom stereocenters. The zero-order valence-electron chi connectivity index (χ0n) is 9.47. The summed E-state index contributed by atoms with van der Waals surface area (Å²) in [5, 5.41) is 0. The highest BCUT2D eigenvalue weighted by atomic mass is 16.5. The van der Waals surface area contributed by atoms with Crippen molar-refractivity contribution in [1.29, 1.82) is 0 Å². The molecule has 1 aliphatic rings. The Morgan fingerprint density at radius 3 is 2.71 bits per heavy atom. The van der Waals surface area contributed by atoms with E-state index in [0.29, 0.717) is 26.3 Å². The molecule has 2 rings (SSSR count). The van der Waals surface area contributed by atoms with Gasteiger partial charge >= 0.3 is 0 Å². The van der Waals surface area contributed by atoms with Crippen LogP contribution in [-0.4, -0.2) is 44.2 Å². The average molecular weight is 239 g/mol. The highest BCUT2D eigenvalue weighted by Crippen LogP contribution is 2.09. The number of amides is 1. The zero-order valence-corrected chi connectivity index (χ0v) is 9.47. The number of carbonyl (C=O) groups is 1. The van der Waals surface area contributed by atoms with E-state index in [-0.39, 0.29) is 22.8 Å². The number of hydrogen-bond donors (Lipinski definition) is 0. The minimum atomic E-state index is -0.365. The molecular weight excluding hydrogens is 226 g/mol. The lowest BCUT2D eigenvalue weighted by molar-refractivity contribution is 0.0281. The Kier molecular flexibility index (Phi) is 3.43. The maximum atomic E-state index is 11.9. The zero-order chi connectivity index (χ0) is 12.3. The number of ether oxygens (including phenoxy) is 2. The molecule has 92 valence electrons. The van der Waals surface area contributed by atoms with Gasteiger partial charge in [0, 0.05) is 19.2 Å². The minimum absolute atomic E-state index is 0.0256. The normalized spacial score (nSPS) is 15.7. The standard InChI is InChI=1S/C11H13NO5/c1-15-10-7-17-9(6-8(10)13)11(14)12-2-4-16-5-3-12/h6-7H,2-5H2,1H3. The van der Waals surface area contributed by atoms with E-state index in [9.17, 15) is 9.59 Å². The maximum Gasteiger partial charge on any atom is 0.289 e. The molecular formula is C11H13NO5. The Balaban J connectivity index is 2.19. The fourth-order valence-electron chi connectivity index (χ4n) is 1.58. The van der Waals surface area contributed by atoms with E-state index < -0.39 is 0 Å². The van der Waals surface area contributed by atoms with Gasteiger partial charge in [-0.2, -0.15) is 0 Å². The number of rotatable bonds is 2. The van der Waals surface area contributed by atoms with Crippen LogP contribution in [0.2, 0.25) is 0 Å². The Morgan fingerprint density at radius 1 is 1.41 bits per heavy atom. The lowest BCUT2D eigenvalue weighted by Crippen LogP contribution is -2.40. The van der Waals surface area contributed by atoms with Crippen molar-refractivity contribution in [2.75, 3.05) is 33.4 Å². The van der Waals surface area contributed by atoms with Gasteiger partial charge in [0.1, 0.15) is 6.26 Å². The molecule has 6 nitrogen and oxygen atoms in total. The van der Waals surface area contributed by atoms with Gasteiger partial charge in [-0.05, 0) is 0 Å². The van der Waals surface area contributed by atoms with Gasteiger partial charge in [-0.15, -0.1) is 0 Å². The summed E-state index contributed by atoms with van der Waals surface area (Å²) in [4.78, 5) is 25.0. The van der Waals surface area contributed by atoms with Gasteiger partial charge in [0.05, 0.1) is 20.3 Å². The van der Waals surface area contributed by atoms with E-state index in [1.807, 2.05) is 0 Å². The van der Waals surface area contributed by atoms with Gasteiger partial charge in [-0.25, -0.2) is 0 Å². The van der Waals surface area contributed by atoms with Gasteiger partial charge in [-0.1, -0.05) is 0 Å². The van der Waals surface area contributed by atoms with Crippen molar-refractivity contribution < 1.29 is 18.7 Å². The molecule has 0 aromatic carbocycles. The molecule has 2 heterocycles. The van der Waals surface area contributed by atoms with Crippen LogP contribution in [0.25, 0.3) is 0 Å². The molecule has 6 heteroatoms. The first-order valence-corrected chi connectivity index (χ1v) is 5.26. The fraction of sp³-hybridized carbons (Fsp3) is 0.455. The molecule has 0 N–H and O–H groups in total. The monoisotopic (exact) mass is 239 g/mol. The Labute approximate surface area is 97.7 Å². The third-order valence-corrected chi connectivity index (χ3v) is 2.53. The van der Waals surface area contributed by atoms with Gasteiger partial charge in [0.2, 0.25) is 11.2 Å². The van der Waals surface area contributed by atoms with E-state index in [0.717, 1.165) is 12.3 Å². The van der Waals surface area contributed by atoms with E-state index in [1.54, 1.807) is 4.90 Å². The van der Waals surface area contributed by atoms with Gasteiger partial charge in [0.25, 0.3) is 5.91 Å². The van der Waals surface area contributed by atoms with Crippen LogP contribution in [0.5, 0.6) is 5.75 Å². The molecule has 0 radical (unpaired) electrons. The largest absolute Gasteiger partial charge is 0.490 e. The molecule has 0 saturated carbocycles. The van der Waals surface area contributed by atoms with Crippen molar-refractivity contribution in [3.8, 4) is 5.75 Å². The summed E-state index contributed by atoms with van der Waals surface area (Å²) in [6.07, 6.45) is 1.15. The quantitative estimate of drug-likeness (QED) is 0.733. The van der Waals surface area contributed by atoms with Gasteiger partial charge in [0.15, 0.2) is 5.76 Å². The third kappa shape index (κ3) is 2.47. The van der Waals surface area contributed by atoms with Crippen LogP contribution in [-0.2, 0) is 4.74 Å². The van der Waals surface area contributed by atoms with E-state index >= 15 is 0 Å². The van der Waals surface area contributed by atoms with E-state index in [2.05, 4.69) is 0 Å². The second-order valence-corrected chi connectivity index (χ2v) is 3.58. The number of carbonyl (C=O) groups excluding carboxylic acids is 1. The summed E-state index contributed by atoms with van der Waals surface area (Å²) in [5.41, 5.74) is -0.365. The van der Waals surface area contributed by atoms with Gasteiger partial charge in [-0.3, -0.25) is 9.59 Å². The Bertz CT molecular complexity index is 461. The summed E-state index contributed by atoms with van der Waals surface area (Å²) >= 11 is 0. The summed E-state index contributed by atoms with van der Waals surface area (Å²) in [6, 6.07) is 1.15. The van der Waals surface area contributed by atoms with Crippen molar-refractivity contribution in [3.05, 3.63) is 28.3 Å². The fourth-order valence-corrected chi connectivity index (χ4v) is 1.58. The van der Waals surface area contributed by atoms with E-state index in [4.69, 9.17) is 13.9 Å². The average Bonchev–Trinajstić information content (AvgIpc) is 2.39. The second-order valence-electron chi connectivity index (χ2n) is 3.58. The SMILES string of the molecule is COc1coc(C(=O)N2CCOCC2)cc1=O. The topological polar surface area (TPSA) is 69.0 Å². The molecule has 0 atom stereocenters. The van der Waals surface area contributed by atoms with Crippen LogP contribution in [0.1, 0.15) is 10.6 Å². The predicted octanol–water partition coefficient (Wildman–Crippen LogP) is 0.121. The lowest BCUT2D eigenvalue weighted by atomic mass is 10.3. The lowest BCUT2D eigenvalue weighted by Gasteiger charge is -2.26. The van der Waals surface area contributed by atoms with Crippen LogP contribution in [0.3, 0.4) is 0 Å². The van der Waals surface area contributed by atoms with E-state index in [1.165, 1.54) is 7.11 Å². The highest BCUT2D eigenvalue weighted by molar-refractivity contribution is 5.91. The molecule has 0 spiro atoms. The molecule has 1 aromatic rings. The number of nitrogens with zero attached hydrogens (tertiary/aromatic N) is 1. The van der Waals surface area contributed by atoms with Crippen LogP contribution < -0.4 is 10.2 Å². The highest BCUT2D eigenvalue weighted by Gasteiger charge is 2.21. The van der Waals surface area contributed by atoms with Gasteiger partial charge < -0.3 is 18.8 Å². The van der Waals surface area contributed by atoms with Crippen molar-refractivity contribution in [2.45, 2.75) is 0 Å². The molecule has 0 aliphatic carbocycles. The van der Waals surface area contributed by atoms with Crippen LogP contribution in [0.4, 0.5) is 0 Å². The number of methoxy groups -OCH3 is 1. The number of hydrogen-bond acceptors (Lipinski definition) is 5. The van der Waals surface area contributed by atoms with Crippen molar-refractivity contribution >= 4 is 5.91 Å².